The largest absolute Gasteiger partial charge is 0.350 e. The molecule has 2 aliphatic heterocycles. The molecule has 0 bridgehead atoms. The van der Waals surface area contributed by atoms with E-state index in [1.54, 1.807) is 9.80 Å². The molecule has 4 amide bonds. The van der Waals surface area contributed by atoms with Crippen LogP contribution in [0.1, 0.15) is 39.2 Å². The highest BCUT2D eigenvalue weighted by Crippen LogP contribution is 2.39. The lowest BCUT2D eigenvalue weighted by Crippen LogP contribution is -2.59. The molecular weight excluding hydrogens is 442 g/mol. The van der Waals surface area contributed by atoms with E-state index in [0.717, 1.165) is 11.3 Å². The monoisotopic (exact) mass is 477 g/mol. The molecule has 2 fully saturated rings. The minimum absolute atomic E-state index is 0.00494. The average Bonchev–Trinajstić information content (AvgIpc) is 3.09. The third-order valence-corrected chi connectivity index (χ3v) is 6.61. The number of anilines is 1. The van der Waals surface area contributed by atoms with Gasteiger partial charge in [0.05, 0.1) is 6.67 Å². The van der Waals surface area contributed by atoms with Crippen LogP contribution in [0.4, 0.5) is 10.5 Å². The van der Waals surface area contributed by atoms with E-state index < -0.39 is 5.54 Å². The van der Waals surface area contributed by atoms with Gasteiger partial charge in [0.1, 0.15) is 12.1 Å². The van der Waals surface area contributed by atoms with Crippen molar-refractivity contribution in [2.24, 2.45) is 0 Å². The van der Waals surface area contributed by atoms with Crippen molar-refractivity contribution in [3.8, 4) is 0 Å². The second-order valence-electron chi connectivity index (χ2n) is 10.4. The lowest BCUT2D eigenvalue weighted by molar-refractivity contribution is -0.137. The normalized spacial score (nSPS) is 17.6. The van der Waals surface area contributed by atoms with Crippen molar-refractivity contribution in [1.29, 1.82) is 0 Å². The van der Waals surface area contributed by atoms with Crippen LogP contribution in [0.2, 0.25) is 0 Å². The SMILES string of the molecule is CC(C)(C)NC(=O)N1CCC2(CC1)C(=O)N(CC(=O)NCc1ccccc1)CN2c1ccccc1. The van der Waals surface area contributed by atoms with E-state index in [1.165, 1.54) is 0 Å². The summed E-state index contributed by atoms with van der Waals surface area (Å²) in [6.07, 6.45) is 1.03. The number of benzene rings is 2. The number of nitrogens with zero attached hydrogens (tertiary/aromatic N) is 3. The molecule has 2 saturated heterocycles. The first kappa shape index (κ1) is 24.6. The first-order valence-corrected chi connectivity index (χ1v) is 12.2. The van der Waals surface area contributed by atoms with Crippen LogP contribution in [0.5, 0.6) is 0 Å². The van der Waals surface area contributed by atoms with Gasteiger partial charge in [0.2, 0.25) is 5.91 Å². The van der Waals surface area contributed by atoms with E-state index in [0.29, 0.717) is 39.1 Å². The Morgan fingerprint density at radius 1 is 0.943 bits per heavy atom. The van der Waals surface area contributed by atoms with Gasteiger partial charge in [-0.25, -0.2) is 4.79 Å². The Morgan fingerprint density at radius 2 is 1.54 bits per heavy atom. The number of carbonyl (C=O) groups is 3. The fourth-order valence-electron chi connectivity index (χ4n) is 4.83. The molecule has 2 aromatic rings. The average molecular weight is 478 g/mol. The number of piperidine rings is 1. The third kappa shape index (κ3) is 5.58. The Balaban J connectivity index is 1.47. The molecule has 0 saturated carbocycles. The van der Waals surface area contributed by atoms with Gasteiger partial charge in [-0.2, -0.15) is 0 Å². The highest BCUT2D eigenvalue weighted by Gasteiger charge is 2.54. The summed E-state index contributed by atoms with van der Waals surface area (Å²) in [4.78, 5) is 44.7. The zero-order valence-electron chi connectivity index (χ0n) is 20.8. The topological polar surface area (TPSA) is 85.0 Å². The molecule has 186 valence electrons. The van der Waals surface area contributed by atoms with E-state index >= 15 is 0 Å². The van der Waals surface area contributed by atoms with Gasteiger partial charge >= 0.3 is 6.03 Å². The van der Waals surface area contributed by atoms with Crippen molar-refractivity contribution in [1.82, 2.24) is 20.4 Å². The Labute approximate surface area is 207 Å². The number of urea groups is 1. The number of carbonyl (C=O) groups excluding carboxylic acids is 3. The van der Waals surface area contributed by atoms with Gasteiger partial charge in [-0.3, -0.25) is 9.59 Å². The molecule has 35 heavy (non-hydrogen) atoms. The molecular formula is C27H35N5O3. The molecule has 2 aromatic carbocycles. The van der Waals surface area contributed by atoms with Gasteiger partial charge in [0.15, 0.2) is 0 Å². The Morgan fingerprint density at radius 3 is 2.14 bits per heavy atom. The van der Waals surface area contributed by atoms with Gasteiger partial charge in [-0.05, 0) is 51.3 Å². The van der Waals surface area contributed by atoms with Crippen molar-refractivity contribution in [2.75, 3.05) is 31.2 Å². The fourth-order valence-corrected chi connectivity index (χ4v) is 4.83. The van der Waals surface area contributed by atoms with Crippen molar-refractivity contribution in [2.45, 2.75) is 51.2 Å². The van der Waals surface area contributed by atoms with Crippen LogP contribution in [0.3, 0.4) is 0 Å². The van der Waals surface area contributed by atoms with E-state index in [-0.39, 0.29) is 29.9 Å². The van der Waals surface area contributed by atoms with Crippen LogP contribution in [0.25, 0.3) is 0 Å². The van der Waals surface area contributed by atoms with Crippen LogP contribution in [-0.4, -0.2) is 65.0 Å². The molecule has 2 N–H and O–H groups in total. The molecule has 4 rings (SSSR count). The minimum atomic E-state index is -0.764. The Kier molecular flexibility index (Phi) is 7.00. The Hall–Kier alpha value is -3.55. The molecule has 2 heterocycles. The van der Waals surface area contributed by atoms with Crippen molar-refractivity contribution < 1.29 is 14.4 Å². The number of amides is 4. The highest BCUT2D eigenvalue weighted by molar-refractivity contribution is 5.96. The summed E-state index contributed by atoms with van der Waals surface area (Å²) in [5.74, 6) is -0.235. The maximum Gasteiger partial charge on any atom is 0.317 e. The number of nitrogens with one attached hydrogen (secondary N) is 2. The predicted octanol–water partition coefficient (Wildman–Crippen LogP) is 2.95. The van der Waals surface area contributed by atoms with Gasteiger partial charge in [0, 0.05) is 30.9 Å². The second-order valence-corrected chi connectivity index (χ2v) is 10.4. The number of likely N-dealkylation sites (tertiary alicyclic amines) is 1. The summed E-state index contributed by atoms with van der Waals surface area (Å²) in [5, 5.41) is 5.93. The summed E-state index contributed by atoms with van der Waals surface area (Å²) in [6, 6.07) is 19.4. The molecule has 2 aliphatic rings. The summed E-state index contributed by atoms with van der Waals surface area (Å²) in [6.45, 7) is 7.59. The van der Waals surface area contributed by atoms with Crippen LogP contribution < -0.4 is 15.5 Å². The Bertz CT molecular complexity index is 1040. The standard InChI is InChI=1S/C27H35N5O3/c1-26(2,3)29-25(35)30-16-14-27(15-17-30)24(34)31(20-32(27)22-12-8-5-9-13-22)19-23(33)28-18-21-10-6-4-7-11-21/h4-13H,14-20H2,1-3H3,(H,28,33)(H,29,35). The van der Waals surface area contributed by atoms with Gasteiger partial charge < -0.3 is 25.3 Å². The van der Waals surface area contributed by atoms with Crippen molar-refractivity contribution >= 4 is 23.5 Å². The van der Waals surface area contributed by atoms with Gasteiger partial charge in [0.25, 0.3) is 5.91 Å². The zero-order chi connectivity index (χ0) is 25.1. The molecule has 0 unspecified atom stereocenters. The number of rotatable bonds is 5. The second kappa shape index (κ2) is 9.98. The quantitative estimate of drug-likeness (QED) is 0.694. The van der Waals surface area contributed by atoms with Crippen molar-refractivity contribution in [3.63, 3.8) is 0 Å². The molecule has 0 aromatic heterocycles. The van der Waals surface area contributed by atoms with Crippen LogP contribution in [-0.2, 0) is 16.1 Å². The summed E-state index contributed by atoms with van der Waals surface area (Å²) < 4.78 is 0. The molecule has 1 spiro atoms. The summed E-state index contributed by atoms with van der Waals surface area (Å²) in [7, 11) is 0. The maximum atomic E-state index is 13.8. The zero-order valence-corrected chi connectivity index (χ0v) is 20.8. The van der Waals surface area contributed by atoms with Gasteiger partial charge in [-0.1, -0.05) is 48.5 Å². The molecule has 0 radical (unpaired) electrons. The van der Waals surface area contributed by atoms with Crippen LogP contribution >= 0.6 is 0 Å². The lowest BCUT2D eigenvalue weighted by Gasteiger charge is -2.43. The minimum Gasteiger partial charge on any atom is -0.350 e. The predicted molar refractivity (Wildman–Crippen MR) is 136 cm³/mol. The van der Waals surface area contributed by atoms with Gasteiger partial charge in [-0.15, -0.1) is 0 Å². The van der Waals surface area contributed by atoms with E-state index in [4.69, 9.17) is 0 Å². The first-order chi connectivity index (χ1) is 16.7. The molecule has 8 heteroatoms. The maximum absolute atomic E-state index is 13.8. The van der Waals surface area contributed by atoms with Crippen LogP contribution in [0.15, 0.2) is 60.7 Å². The third-order valence-electron chi connectivity index (χ3n) is 6.61. The van der Waals surface area contributed by atoms with Crippen LogP contribution in [0, 0.1) is 0 Å². The molecule has 0 atom stereocenters. The molecule has 8 nitrogen and oxygen atoms in total. The number of hydrogen-bond acceptors (Lipinski definition) is 4. The summed E-state index contributed by atoms with van der Waals surface area (Å²) in [5.41, 5.74) is 0.868. The first-order valence-electron chi connectivity index (χ1n) is 12.2. The summed E-state index contributed by atoms with van der Waals surface area (Å²) >= 11 is 0. The van der Waals surface area contributed by atoms with E-state index in [9.17, 15) is 14.4 Å². The number of para-hydroxylation sites is 1. The smallest absolute Gasteiger partial charge is 0.317 e. The van der Waals surface area contributed by atoms with E-state index in [1.807, 2.05) is 81.4 Å². The van der Waals surface area contributed by atoms with Crippen molar-refractivity contribution in [3.05, 3.63) is 66.2 Å². The molecule has 0 aliphatic carbocycles. The van der Waals surface area contributed by atoms with E-state index in [2.05, 4.69) is 15.5 Å². The lowest BCUT2D eigenvalue weighted by atomic mass is 9.85. The number of hydrogen-bond donors (Lipinski definition) is 2. The highest BCUT2D eigenvalue weighted by atomic mass is 16.2. The fraction of sp³-hybridized carbons (Fsp3) is 0.444.